The Hall–Kier alpha value is -2.50. The summed E-state index contributed by atoms with van der Waals surface area (Å²) in [7, 11) is 1.34. The van der Waals surface area contributed by atoms with Crippen LogP contribution in [0.5, 0.6) is 5.75 Å². The molecule has 2 aliphatic rings. The van der Waals surface area contributed by atoms with Gasteiger partial charge in [0.15, 0.2) is 0 Å². The molecule has 4 atom stereocenters. The average Bonchev–Trinajstić information content (AvgIpc) is 2.98. The molecule has 0 N–H and O–H groups in total. The van der Waals surface area contributed by atoms with E-state index < -0.39 is 18.4 Å². The van der Waals surface area contributed by atoms with Crippen LogP contribution in [0.2, 0.25) is 0 Å². The molecule has 0 radical (unpaired) electrons. The monoisotopic (exact) mass is 332 g/mol. The number of ether oxygens (including phenoxy) is 4. The van der Waals surface area contributed by atoms with Crippen LogP contribution in [0.25, 0.3) is 0 Å². The number of carbonyl (C=O) groups is 2. The highest BCUT2D eigenvalue weighted by atomic mass is 16.8. The Bertz CT molecular complexity index is 638. The number of fused-ring (bicyclic) bond motifs is 1. The first kappa shape index (κ1) is 16.4. The molecule has 0 spiro atoms. The van der Waals surface area contributed by atoms with E-state index in [1.165, 1.54) is 13.4 Å². The molecule has 1 aliphatic heterocycles. The highest BCUT2D eigenvalue weighted by molar-refractivity contribution is 5.89. The van der Waals surface area contributed by atoms with Gasteiger partial charge in [-0.1, -0.05) is 25.1 Å². The van der Waals surface area contributed by atoms with Gasteiger partial charge in [-0.15, -0.1) is 0 Å². The normalized spacial score (nSPS) is 28.2. The lowest BCUT2D eigenvalue weighted by Gasteiger charge is -2.34. The van der Waals surface area contributed by atoms with Crippen LogP contribution >= 0.6 is 0 Å². The highest BCUT2D eigenvalue weighted by Gasteiger charge is 2.48. The second-order valence-electron chi connectivity index (χ2n) is 6.09. The van der Waals surface area contributed by atoms with Crippen LogP contribution in [0.3, 0.4) is 0 Å². The molecule has 4 unspecified atom stereocenters. The number of esters is 1. The Kier molecular flexibility index (Phi) is 4.74. The Morgan fingerprint density at radius 1 is 1.17 bits per heavy atom. The largest absolute Gasteiger partial charge is 0.516 e. The molecule has 24 heavy (non-hydrogen) atoms. The standard InChI is InChI=1S/C18H20O6/c1-11-8-9-13-14(16(19)21-2)10-22-17(15(11)13)24-18(20)23-12-6-4-3-5-7-12/h3-7,10-11,13,15,17H,8-9H2,1-2H3. The first-order valence-electron chi connectivity index (χ1n) is 7.97. The maximum Gasteiger partial charge on any atom is 0.516 e. The predicted octanol–water partition coefficient (Wildman–Crippen LogP) is 3.28. The van der Waals surface area contributed by atoms with E-state index in [2.05, 4.69) is 6.92 Å². The predicted molar refractivity (Wildman–Crippen MR) is 83.9 cm³/mol. The first-order chi connectivity index (χ1) is 11.6. The summed E-state index contributed by atoms with van der Waals surface area (Å²) in [5.74, 6) is 0.144. The van der Waals surface area contributed by atoms with Gasteiger partial charge in [-0.05, 0) is 30.9 Å². The van der Waals surface area contributed by atoms with Crippen molar-refractivity contribution in [2.45, 2.75) is 26.1 Å². The third-order valence-corrected chi connectivity index (χ3v) is 4.68. The van der Waals surface area contributed by atoms with Crippen LogP contribution in [0.1, 0.15) is 19.8 Å². The Balaban J connectivity index is 1.70. The maximum atomic E-state index is 12.0. The zero-order valence-electron chi connectivity index (χ0n) is 13.6. The third kappa shape index (κ3) is 3.22. The van der Waals surface area contributed by atoms with Crippen molar-refractivity contribution in [2.75, 3.05) is 7.11 Å². The maximum absolute atomic E-state index is 12.0. The van der Waals surface area contributed by atoms with Gasteiger partial charge in [-0.3, -0.25) is 0 Å². The molecular formula is C18H20O6. The second-order valence-corrected chi connectivity index (χ2v) is 6.09. The van der Waals surface area contributed by atoms with E-state index in [9.17, 15) is 9.59 Å². The van der Waals surface area contributed by atoms with Gasteiger partial charge in [0, 0.05) is 11.8 Å². The molecule has 1 aromatic carbocycles. The number of carbonyl (C=O) groups excluding carboxylic acids is 2. The molecule has 0 amide bonds. The molecule has 6 nitrogen and oxygen atoms in total. The number of para-hydroxylation sites is 1. The van der Waals surface area contributed by atoms with Gasteiger partial charge in [0.2, 0.25) is 0 Å². The summed E-state index contributed by atoms with van der Waals surface area (Å²) in [5, 5.41) is 0. The fraction of sp³-hybridized carbons (Fsp3) is 0.444. The minimum atomic E-state index is -0.820. The summed E-state index contributed by atoms with van der Waals surface area (Å²) in [5.41, 5.74) is 0.503. The van der Waals surface area contributed by atoms with E-state index in [1.807, 2.05) is 6.07 Å². The molecule has 3 rings (SSSR count). The van der Waals surface area contributed by atoms with Crippen LogP contribution in [0, 0.1) is 17.8 Å². The van der Waals surface area contributed by atoms with E-state index in [0.717, 1.165) is 12.8 Å². The number of methoxy groups -OCH3 is 1. The SMILES string of the molecule is COC(=O)C1=COC(OC(=O)Oc2ccccc2)C2C(C)CCC12. The van der Waals surface area contributed by atoms with Crippen molar-refractivity contribution < 1.29 is 28.5 Å². The first-order valence-corrected chi connectivity index (χ1v) is 7.97. The third-order valence-electron chi connectivity index (χ3n) is 4.68. The summed E-state index contributed by atoms with van der Waals surface area (Å²) < 4.78 is 20.8. The van der Waals surface area contributed by atoms with E-state index in [-0.39, 0.29) is 17.8 Å². The van der Waals surface area contributed by atoms with Crippen LogP contribution in [-0.2, 0) is 19.0 Å². The van der Waals surface area contributed by atoms with Gasteiger partial charge in [-0.2, -0.15) is 0 Å². The van der Waals surface area contributed by atoms with Gasteiger partial charge in [0.05, 0.1) is 18.9 Å². The fourth-order valence-corrected chi connectivity index (χ4v) is 3.49. The number of hydrogen-bond donors (Lipinski definition) is 0. The van der Waals surface area contributed by atoms with Gasteiger partial charge in [0.25, 0.3) is 6.29 Å². The molecule has 0 aromatic heterocycles. The van der Waals surface area contributed by atoms with Crippen molar-refractivity contribution in [3.05, 3.63) is 42.2 Å². The fourth-order valence-electron chi connectivity index (χ4n) is 3.49. The lowest BCUT2D eigenvalue weighted by molar-refractivity contribution is -0.147. The summed E-state index contributed by atoms with van der Waals surface area (Å²) in [6.07, 6.45) is 1.53. The topological polar surface area (TPSA) is 71.1 Å². The summed E-state index contributed by atoms with van der Waals surface area (Å²) in [6.45, 7) is 2.06. The molecule has 1 aromatic rings. The van der Waals surface area contributed by atoms with Crippen molar-refractivity contribution in [1.82, 2.24) is 0 Å². The van der Waals surface area contributed by atoms with Crippen molar-refractivity contribution >= 4 is 12.1 Å². The van der Waals surface area contributed by atoms with Crippen LogP contribution < -0.4 is 4.74 Å². The zero-order valence-corrected chi connectivity index (χ0v) is 13.6. The number of benzene rings is 1. The van der Waals surface area contributed by atoms with Gasteiger partial charge < -0.3 is 18.9 Å². The smallest absolute Gasteiger partial charge is 0.466 e. The highest BCUT2D eigenvalue weighted by Crippen LogP contribution is 2.46. The molecule has 1 aliphatic carbocycles. The minimum Gasteiger partial charge on any atom is -0.466 e. The van der Waals surface area contributed by atoms with Gasteiger partial charge in [0.1, 0.15) is 5.75 Å². The summed E-state index contributed by atoms with van der Waals surface area (Å²) in [6, 6.07) is 8.69. The molecular weight excluding hydrogens is 312 g/mol. The zero-order chi connectivity index (χ0) is 17.1. The Morgan fingerprint density at radius 3 is 2.62 bits per heavy atom. The second kappa shape index (κ2) is 6.95. The number of hydrogen-bond acceptors (Lipinski definition) is 6. The van der Waals surface area contributed by atoms with Crippen LogP contribution in [-0.4, -0.2) is 25.5 Å². The Labute approximate surface area is 140 Å². The van der Waals surface area contributed by atoms with Gasteiger partial charge in [-0.25, -0.2) is 9.59 Å². The van der Waals surface area contributed by atoms with E-state index in [0.29, 0.717) is 11.3 Å². The molecule has 1 saturated carbocycles. The van der Waals surface area contributed by atoms with E-state index in [1.54, 1.807) is 24.3 Å². The van der Waals surface area contributed by atoms with Gasteiger partial charge >= 0.3 is 12.1 Å². The minimum absolute atomic E-state index is 0.0317. The quantitative estimate of drug-likeness (QED) is 0.625. The van der Waals surface area contributed by atoms with Crippen molar-refractivity contribution in [3.63, 3.8) is 0 Å². The molecule has 1 heterocycles. The average molecular weight is 332 g/mol. The molecule has 1 fully saturated rings. The van der Waals surface area contributed by atoms with Crippen LogP contribution in [0.15, 0.2) is 42.2 Å². The molecule has 128 valence electrons. The summed E-state index contributed by atoms with van der Waals surface area (Å²) >= 11 is 0. The summed E-state index contributed by atoms with van der Waals surface area (Å²) in [4.78, 5) is 23.9. The Morgan fingerprint density at radius 2 is 1.92 bits per heavy atom. The van der Waals surface area contributed by atoms with E-state index >= 15 is 0 Å². The van der Waals surface area contributed by atoms with E-state index in [4.69, 9.17) is 18.9 Å². The molecule has 0 saturated heterocycles. The molecule has 0 bridgehead atoms. The van der Waals surface area contributed by atoms with Crippen molar-refractivity contribution in [2.24, 2.45) is 17.8 Å². The lowest BCUT2D eigenvalue weighted by Crippen LogP contribution is -2.39. The van der Waals surface area contributed by atoms with Crippen molar-refractivity contribution in [1.29, 1.82) is 0 Å². The number of rotatable bonds is 3. The van der Waals surface area contributed by atoms with Crippen molar-refractivity contribution in [3.8, 4) is 5.75 Å². The van der Waals surface area contributed by atoms with Crippen LogP contribution in [0.4, 0.5) is 4.79 Å². The molecule has 6 heteroatoms. The lowest BCUT2D eigenvalue weighted by atomic mass is 9.83.